The minimum absolute atomic E-state index is 0.189. The first-order valence-corrected chi connectivity index (χ1v) is 11.0. The van der Waals surface area contributed by atoms with Crippen molar-refractivity contribution in [1.82, 2.24) is 14.5 Å². The van der Waals surface area contributed by atoms with Gasteiger partial charge in [0.1, 0.15) is 19.3 Å². The Morgan fingerprint density at radius 1 is 1.15 bits per heavy atom. The van der Waals surface area contributed by atoms with E-state index in [1.165, 1.54) is 5.56 Å². The van der Waals surface area contributed by atoms with Crippen molar-refractivity contribution in [2.24, 2.45) is 0 Å². The van der Waals surface area contributed by atoms with Gasteiger partial charge in [0.25, 0.3) is 5.88 Å². The van der Waals surface area contributed by atoms with Crippen molar-refractivity contribution < 1.29 is 23.7 Å². The van der Waals surface area contributed by atoms with Gasteiger partial charge in [0.15, 0.2) is 11.9 Å². The van der Waals surface area contributed by atoms with Crippen LogP contribution in [0.15, 0.2) is 47.4 Å². The lowest BCUT2D eigenvalue weighted by molar-refractivity contribution is -0.135. The normalized spacial score (nSPS) is 18.7. The minimum Gasteiger partial charge on any atom is -0.478 e. The van der Waals surface area contributed by atoms with Crippen molar-refractivity contribution in [2.75, 3.05) is 26.4 Å². The number of aromatic nitrogens is 3. The summed E-state index contributed by atoms with van der Waals surface area (Å²) in [6.07, 6.45) is 2.29. The molecule has 0 radical (unpaired) electrons. The van der Waals surface area contributed by atoms with E-state index in [1.54, 1.807) is 22.9 Å². The second-order valence-electron chi connectivity index (χ2n) is 8.29. The summed E-state index contributed by atoms with van der Waals surface area (Å²) in [5.41, 5.74) is 3.80. The van der Waals surface area contributed by atoms with Crippen molar-refractivity contribution in [1.29, 1.82) is 0 Å². The Bertz CT molecular complexity index is 1240. The lowest BCUT2D eigenvalue weighted by atomic mass is 9.96. The number of nitrogens with zero attached hydrogens (tertiary/aromatic N) is 3. The number of benzene rings is 1. The molecule has 9 heteroatoms. The molecule has 0 amide bonds. The zero-order chi connectivity index (χ0) is 22.2. The summed E-state index contributed by atoms with van der Waals surface area (Å²) < 4.78 is 30.0. The maximum atomic E-state index is 12.7. The predicted octanol–water partition coefficient (Wildman–Crippen LogP) is 2.00. The maximum Gasteiger partial charge on any atom is 0.351 e. The van der Waals surface area contributed by atoms with E-state index in [0.717, 1.165) is 23.2 Å². The van der Waals surface area contributed by atoms with Crippen molar-refractivity contribution in [3.63, 3.8) is 0 Å². The van der Waals surface area contributed by atoms with E-state index < -0.39 is 0 Å². The van der Waals surface area contributed by atoms with Gasteiger partial charge in [0.05, 0.1) is 25.5 Å². The molecule has 3 aromatic rings. The van der Waals surface area contributed by atoms with Gasteiger partial charge in [-0.1, -0.05) is 18.2 Å². The van der Waals surface area contributed by atoms with Crippen LogP contribution >= 0.6 is 0 Å². The van der Waals surface area contributed by atoms with E-state index in [-0.39, 0.29) is 30.4 Å². The third kappa shape index (κ3) is 4.05. The molecule has 1 unspecified atom stereocenters. The van der Waals surface area contributed by atoms with Crippen molar-refractivity contribution in [2.45, 2.75) is 31.8 Å². The second-order valence-corrected chi connectivity index (χ2v) is 8.29. The molecule has 6 rings (SSSR count). The van der Waals surface area contributed by atoms with Gasteiger partial charge in [0.2, 0.25) is 5.88 Å². The van der Waals surface area contributed by atoms with Crippen molar-refractivity contribution in [3.8, 4) is 28.8 Å². The van der Waals surface area contributed by atoms with Crippen LogP contribution in [0.25, 0.3) is 11.3 Å². The second kappa shape index (κ2) is 8.49. The van der Waals surface area contributed by atoms with E-state index >= 15 is 0 Å². The number of fused-ring (bicyclic) bond motifs is 4. The average molecular weight is 449 g/mol. The lowest BCUT2D eigenvalue weighted by Crippen LogP contribution is -2.35. The van der Waals surface area contributed by atoms with Gasteiger partial charge in [0, 0.05) is 24.4 Å². The fraction of sp³-hybridized carbons (Fsp3) is 0.375. The zero-order valence-corrected chi connectivity index (χ0v) is 17.9. The molecule has 9 nitrogen and oxygen atoms in total. The molecule has 0 bridgehead atoms. The van der Waals surface area contributed by atoms with Gasteiger partial charge in [-0.25, -0.2) is 9.78 Å². The summed E-state index contributed by atoms with van der Waals surface area (Å²) in [6, 6.07) is 11.6. The molecule has 170 valence electrons. The summed E-state index contributed by atoms with van der Waals surface area (Å²) in [6.45, 7) is 2.99. The van der Waals surface area contributed by atoms with Crippen LogP contribution in [-0.4, -0.2) is 53.2 Å². The van der Waals surface area contributed by atoms with Gasteiger partial charge in [-0.15, -0.1) is 0 Å². The smallest absolute Gasteiger partial charge is 0.351 e. The molecule has 0 N–H and O–H groups in total. The highest BCUT2D eigenvalue weighted by Crippen LogP contribution is 2.31. The number of rotatable bonds is 6. The van der Waals surface area contributed by atoms with E-state index in [1.807, 2.05) is 18.2 Å². The summed E-state index contributed by atoms with van der Waals surface area (Å²) in [7, 11) is 0. The molecule has 1 saturated heterocycles. The molecule has 3 aliphatic rings. The Kier molecular flexibility index (Phi) is 5.20. The van der Waals surface area contributed by atoms with E-state index in [2.05, 4.69) is 16.0 Å². The highest BCUT2D eigenvalue weighted by molar-refractivity contribution is 5.67. The molecule has 1 fully saturated rings. The van der Waals surface area contributed by atoms with Crippen LogP contribution in [0.2, 0.25) is 0 Å². The molecule has 5 heterocycles. The molecule has 1 atom stereocenters. The Labute approximate surface area is 189 Å². The molecular formula is C24H23N3O6. The number of ether oxygens (including phenoxy) is 5. The number of hydrogen-bond donors (Lipinski definition) is 0. The topological polar surface area (TPSA) is 93.9 Å². The molecule has 0 spiro atoms. The van der Waals surface area contributed by atoms with Gasteiger partial charge in [-0.2, -0.15) is 4.98 Å². The van der Waals surface area contributed by atoms with Crippen molar-refractivity contribution >= 4 is 0 Å². The molecule has 1 aromatic carbocycles. The van der Waals surface area contributed by atoms with E-state index in [0.29, 0.717) is 44.6 Å². The Hall–Kier alpha value is -3.43. The highest BCUT2D eigenvalue weighted by atomic mass is 16.6. The van der Waals surface area contributed by atoms with Gasteiger partial charge < -0.3 is 23.7 Å². The SMILES string of the molecule is O=c1nc(OCC2COc3ncccc3O2)cc2n1CCc1cc(COC3COC3)ccc1-2. The third-order valence-corrected chi connectivity index (χ3v) is 5.98. The first-order chi connectivity index (χ1) is 16.2. The average Bonchev–Trinajstić information content (AvgIpc) is 2.81. The third-order valence-electron chi connectivity index (χ3n) is 5.98. The van der Waals surface area contributed by atoms with Crippen LogP contribution in [0.4, 0.5) is 0 Å². The quantitative estimate of drug-likeness (QED) is 0.564. The first kappa shape index (κ1) is 20.2. The predicted molar refractivity (Wildman–Crippen MR) is 117 cm³/mol. The molecular weight excluding hydrogens is 426 g/mol. The number of aryl methyl sites for hydroxylation is 1. The first-order valence-electron chi connectivity index (χ1n) is 11.0. The standard InChI is InChI=1S/C24H23N3O6/c28-24-26-22(31-13-18-14-32-23-21(33-18)2-1-6-25-23)9-20-19-4-3-15(10-30-17-11-29-12-17)8-16(19)5-7-27(20)24/h1-4,6,8-9,17-18H,5,7,10-14H2. The molecule has 2 aromatic heterocycles. The molecule has 0 aliphatic carbocycles. The van der Waals surface area contributed by atoms with E-state index in [4.69, 9.17) is 23.7 Å². The zero-order valence-electron chi connectivity index (χ0n) is 17.9. The van der Waals surface area contributed by atoms with Gasteiger partial charge in [-0.3, -0.25) is 4.57 Å². The Morgan fingerprint density at radius 2 is 2.09 bits per heavy atom. The summed E-state index contributed by atoms with van der Waals surface area (Å²) >= 11 is 0. The van der Waals surface area contributed by atoms with E-state index in [9.17, 15) is 4.79 Å². The van der Waals surface area contributed by atoms with Crippen LogP contribution < -0.4 is 19.9 Å². The highest BCUT2D eigenvalue weighted by Gasteiger charge is 2.24. The molecule has 3 aliphatic heterocycles. The van der Waals surface area contributed by atoms with Gasteiger partial charge in [-0.05, 0) is 29.7 Å². The molecule has 0 saturated carbocycles. The summed E-state index contributed by atoms with van der Waals surface area (Å²) in [5, 5.41) is 0. The Balaban J connectivity index is 1.18. The molecule has 33 heavy (non-hydrogen) atoms. The van der Waals surface area contributed by atoms with Crippen LogP contribution in [0, 0.1) is 0 Å². The van der Waals surface area contributed by atoms with Gasteiger partial charge >= 0.3 is 5.69 Å². The van der Waals surface area contributed by atoms with Crippen LogP contribution in [0.1, 0.15) is 11.1 Å². The van der Waals surface area contributed by atoms with Crippen LogP contribution in [0.3, 0.4) is 0 Å². The fourth-order valence-corrected chi connectivity index (χ4v) is 4.17. The number of pyridine rings is 1. The van der Waals surface area contributed by atoms with Crippen LogP contribution in [0.5, 0.6) is 17.5 Å². The summed E-state index contributed by atoms with van der Waals surface area (Å²) in [5.74, 6) is 1.33. The van der Waals surface area contributed by atoms with Crippen LogP contribution in [-0.2, 0) is 29.0 Å². The lowest BCUT2D eigenvalue weighted by Gasteiger charge is -2.27. The Morgan fingerprint density at radius 3 is 2.97 bits per heavy atom. The largest absolute Gasteiger partial charge is 0.478 e. The number of hydrogen-bond acceptors (Lipinski definition) is 8. The maximum absolute atomic E-state index is 12.7. The summed E-state index contributed by atoms with van der Waals surface area (Å²) in [4.78, 5) is 20.9. The minimum atomic E-state index is -0.321. The van der Waals surface area contributed by atoms with Crippen molar-refractivity contribution in [3.05, 3.63) is 64.2 Å². The monoisotopic (exact) mass is 449 g/mol. The fourth-order valence-electron chi connectivity index (χ4n) is 4.17.